The monoisotopic (exact) mass is 328 g/mol. The molecule has 0 spiro atoms. The highest BCUT2D eigenvalue weighted by atomic mass is 32.1. The molecule has 0 atom stereocenters. The first-order valence-electron chi connectivity index (χ1n) is 7.13. The van der Waals surface area contributed by atoms with E-state index in [-0.39, 0.29) is 16.9 Å². The van der Waals surface area contributed by atoms with Gasteiger partial charge in [-0.25, -0.2) is 0 Å². The maximum Gasteiger partial charge on any atom is 0.257 e. The molecule has 3 aromatic rings. The van der Waals surface area contributed by atoms with Crippen molar-refractivity contribution >= 4 is 28.1 Å². The van der Waals surface area contributed by atoms with Gasteiger partial charge in [0.25, 0.3) is 5.91 Å². The molecule has 5 nitrogen and oxygen atoms in total. The number of methoxy groups -OCH3 is 1. The first-order chi connectivity index (χ1) is 11.2. The average Bonchev–Trinajstić information content (AvgIpc) is 3.07. The number of ether oxygens (including phenoxy) is 1. The fourth-order valence-corrected chi connectivity index (χ4v) is 3.08. The number of nitrogens with one attached hydrogen (secondary N) is 2. The molecule has 1 amide bonds. The zero-order chi connectivity index (χ0) is 16.2. The summed E-state index contributed by atoms with van der Waals surface area (Å²) in [6, 6.07) is 9.25. The SMILES string of the molecule is COCc1cccc2c(=O)c(C(=O)NCc3cccs3)c[nH]c12. The second kappa shape index (κ2) is 6.76. The number of pyridine rings is 1. The van der Waals surface area contributed by atoms with E-state index >= 15 is 0 Å². The number of amides is 1. The fourth-order valence-electron chi connectivity index (χ4n) is 2.44. The van der Waals surface area contributed by atoms with Crippen LogP contribution in [-0.4, -0.2) is 18.0 Å². The number of carbonyl (C=O) groups is 1. The number of carbonyl (C=O) groups excluding carboxylic acids is 1. The molecular formula is C17H16N2O3S. The summed E-state index contributed by atoms with van der Waals surface area (Å²) >= 11 is 1.56. The molecular weight excluding hydrogens is 312 g/mol. The topological polar surface area (TPSA) is 71.2 Å². The number of rotatable bonds is 5. The van der Waals surface area contributed by atoms with E-state index < -0.39 is 0 Å². The van der Waals surface area contributed by atoms with E-state index in [1.54, 1.807) is 30.6 Å². The lowest BCUT2D eigenvalue weighted by Crippen LogP contribution is -2.28. The third-order valence-electron chi connectivity index (χ3n) is 3.55. The van der Waals surface area contributed by atoms with Crippen molar-refractivity contribution in [1.82, 2.24) is 10.3 Å². The molecule has 0 bridgehead atoms. The second-order valence-electron chi connectivity index (χ2n) is 5.07. The third kappa shape index (κ3) is 3.18. The normalized spacial score (nSPS) is 10.8. The lowest BCUT2D eigenvalue weighted by atomic mass is 10.1. The molecule has 0 aliphatic carbocycles. The molecule has 0 saturated heterocycles. The summed E-state index contributed by atoms with van der Waals surface area (Å²) in [5.74, 6) is -0.376. The minimum Gasteiger partial charge on any atom is -0.380 e. The van der Waals surface area contributed by atoms with E-state index in [2.05, 4.69) is 10.3 Å². The molecule has 2 aromatic heterocycles. The van der Waals surface area contributed by atoms with Gasteiger partial charge < -0.3 is 15.0 Å². The lowest BCUT2D eigenvalue weighted by molar-refractivity contribution is 0.0950. The largest absolute Gasteiger partial charge is 0.380 e. The predicted octanol–water partition coefficient (Wildman–Crippen LogP) is 2.67. The first kappa shape index (κ1) is 15.5. The summed E-state index contributed by atoms with van der Waals surface area (Å²) in [5, 5.41) is 5.21. The van der Waals surface area contributed by atoms with Crippen LogP contribution in [0.1, 0.15) is 20.8 Å². The highest BCUT2D eigenvalue weighted by Crippen LogP contribution is 2.15. The number of H-pyrrole nitrogens is 1. The Labute approximate surface area is 136 Å². The summed E-state index contributed by atoms with van der Waals surface area (Å²) in [5.41, 5.74) is 1.42. The van der Waals surface area contributed by atoms with Crippen LogP contribution in [0.5, 0.6) is 0 Å². The number of para-hydroxylation sites is 1. The number of hydrogen-bond acceptors (Lipinski definition) is 4. The number of hydrogen-bond donors (Lipinski definition) is 2. The number of benzene rings is 1. The van der Waals surface area contributed by atoms with Crippen LogP contribution in [-0.2, 0) is 17.9 Å². The Kier molecular flexibility index (Phi) is 4.55. The molecule has 6 heteroatoms. The van der Waals surface area contributed by atoms with Crippen LogP contribution in [0.15, 0.2) is 46.7 Å². The molecule has 118 valence electrons. The highest BCUT2D eigenvalue weighted by molar-refractivity contribution is 7.09. The molecule has 2 N–H and O–H groups in total. The molecule has 3 rings (SSSR count). The summed E-state index contributed by atoms with van der Waals surface area (Å²) in [4.78, 5) is 28.9. The van der Waals surface area contributed by atoms with Crippen LogP contribution >= 0.6 is 11.3 Å². The number of aromatic amines is 1. The van der Waals surface area contributed by atoms with E-state index in [1.807, 2.05) is 23.6 Å². The Morgan fingerprint density at radius 1 is 1.30 bits per heavy atom. The Morgan fingerprint density at radius 2 is 2.17 bits per heavy atom. The lowest BCUT2D eigenvalue weighted by Gasteiger charge is -2.08. The maximum absolute atomic E-state index is 12.6. The molecule has 0 radical (unpaired) electrons. The van der Waals surface area contributed by atoms with Crippen molar-refractivity contribution < 1.29 is 9.53 Å². The van der Waals surface area contributed by atoms with Crippen LogP contribution in [0.25, 0.3) is 10.9 Å². The van der Waals surface area contributed by atoms with E-state index in [0.29, 0.717) is 24.1 Å². The zero-order valence-corrected chi connectivity index (χ0v) is 13.4. The smallest absolute Gasteiger partial charge is 0.257 e. The van der Waals surface area contributed by atoms with Crippen molar-refractivity contribution in [1.29, 1.82) is 0 Å². The van der Waals surface area contributed by atoms with E-state index in [9.17, 15) is 9.59 Å². The van der Waals surface area contributed by atoms with Crippen molar-refractivity contribution in [2.45, 2.75) is 13.2 Å². The van der Waals surface area contributed by atoms with Crippen molar-refractivity contribution in [2.24, 2.45) is 0 Å². The fraction of sp³-hybridized carbons (Fsp3) is 0.176. The number of aromatic nitrogens is 1. The predicted molar refractivity (Wildman–Crippen MR) is 90.8 cm³/mol. The van der Waals surface area contributed by atoms with Gasteiger partial charge in [-0.05, 0) is 17.5 Å². The quantitative estimate of drug-likeness (QED) is 0.756. The van der Waals surface area contributed by atoms with Gasteiger partial charge in [0, 0.05) is 29.1 Å². The van der Waals surface area contributed by atoms with Crippen LogP contribution in [0.3, 0.4) is 0 Å². The van der Waals surface area contributed by atoms with Crippen LogP contribution in [0.2, 0.25) is 0 Å². The Hall–Kier alpha value is -2.44. The Morgan fingerprint density at radius 3 is 2.91 bits per heavy atom. The Bertz CT molecular complexity index is 884. The van der Waals surface area contributed by atoms with E-state index in [1.165, 1.54) is 6.20 Å². The van der Waals surface area contributed by atoms with E-state index in [0.717, 1.165) is 10.4 Å². The first-order valence-corrected chi connectivity index (χ1v) is 8.01. The summed E-state index contributed by atoms with van der Waals surface area (Å²) in [7, 11) is 1.60. The summed E-state index contributed by atoms with van der Waals surface area (Å²) in [6.07, 6.45) is 1.47. The second-order valence-corrected chi connectivity index (χ2v) is 6.10. The highest BCUT2D eigenvalue weighted by Gasteiger charge is 2.14. The van der Waals surface area contributed by atoms with Crippen LogP contribution < -0.4 is 10.7 Å². The minimum absolute atomic E-state index is 0.114. The summed E-state index contributed by atoms with van der Waals surface area (Å²) < 4.78 is 5.13. The minimum atomic E-state index is -0.376. The average molecular weight is 328 g/mol. The van der Waals surface area contributed by atoms with Gasteiger partial charge in [0.2, 0.25) is 5.43 Å². The molecule has 0 aliphatic rings. The van der Waals surface area contributed by atoms with Gasteiger partial charge in [-0.15, -0.1) is 11.3 Å². The van der Waals surface area contributed by atoms with Gasteiger partial charge in [0.05, 0.1) is 18.7 Å². The van der Waals surface area contributed by atoms with Crippen molar-refractivity contribution in [3.05, 3.63) is 68.1 Å². The van der Waals surface area contributed by atoms with Gasteiger partial charge in [-0.2, -0.15) is 0 Å². The van der Waals surface area contributed by atoms with Gasteiger partial charge >= 0.3 is 0 Å². The molecule has 0 fully saturated rings. The van der Waals surface area contributed by atoms with Gasteiger partial charge in [-0.3, -0.25) is 9.59 Å². The molecule has 0 saturated carbocycles. The molecule has 0 aliphatic heterocycles. The third-order valence-corrected chi connectivity index (χ3v) is 4.42. The van der Waals surface area contributed by atoms with Crippen LogP contribution in [0, 0.1) is 0 Å². The van der Waals surface area contributed by atoms with Crippen molar-refractivity contribution in [3.63, 3.8) is 0 Å². The van der Waals surface area contributed by atoms with E-state index in [4.69, 9.17) is 4.74 Å². The van der Waals surface area contributed by atoms with Crippen LogP contribution in [0.4, 0.5) is 0 Å². The molecule has 1 aromatic carbocycles. The number of thiophene rings is 1. The maximum atomic E-state index is 12.6. The molecule has 2 heterocycles. The number of fused-ring (bicyclic) bond motifs is 1. The van der Waals surface area contributed by atoms with Crippen molar-refractivity contribution in [2.75, 3.05) is 7.11 Å². The van der Waals surface area contributed by atoms with Gasteiger partial charge in [0.1, 0.15) is 5.56 Å². The zero-order valence-electron chi connectivity index (χ0n) is 12.6. The Balaban J connectivity index is 1.91. The van der Waals surface area contributed by atoms with Gasteiger partial charge in [0.15, 0.2) is 0 Å². The summed E-state index contributed by atoms with van der Waals surface area (Å²) in [6.45, 7) is 0.814. The van der Waals surface area contributed by atoms with Crippen molar-refractivity contribution in [3.8, 4) is 0 Å². The molecule has 0 unspecified atom stereocenters. The van der Waals surface area contributed by atoms with Gasteiger partial charge in [-0.1, -0.05) is 18.2 Å². The standard InChI is InChI=1S/C17H16N2O3S/c1-22-10-11-4-2-6-13-15(11)18-9-14(16(13)20)17(21)19-8-12-5-3-7-23-12/h2-7,9H,8,10H2,1H3,(H,18,20)(H,19,21). The molecule has 23 heavy (non-hydrogen) atoms.